The molecule has 0 aliphatic rings. The predicted molar refractivity (Wildman–Crippen MR) is 108 cm³/mol. The van der Waals surface area contributed by atoms with Crippen molar-refractivity contribution in [1.29, 1.82) is 0 Å². The largest absolute Gasteiger partial charge is 0.492 e. The Morgan fingerprint density at radius 1 is 1.21 bits per heavy atom. The minimum absolute atomic E-state index is 0.179. The number of para-hydroxylation sites is 1. The molecule has 1 amide bonds. The number of aryl methyl sites for hydroxylation is 1. The van der Waals surface area contributed by atoms with Gasteiger partial charge in [0, 0.05) is 18.8 Å². The molecule has 0 aliphatic carbocycles. The third kappa shape index (κ3) is 4.81. The van der Waals surface area contributed by atoms with E-state index in [-0.39, 0.29) is 24.7 Å². The minimum Gasteiger partial charge on any atom is -0.492 e. The van der Waals surface area contributed by atoms with Gasteiger partial charge in [-0.2, -0.15) is 5.10 Å². The number of hydrogen-bond acceptors (Lipinski definition) is 4. The average molecular weight is 416 g/mol. The summed E-state index contributed by atoms with van der Waals surface area (Å²) in [6, 6.07) is 14.0. The van der Waals surface area contributed by atoms with Gasteiger partial charge < -0.3 is 9.64 Å². The molecule has 3 aromatic rings. The number of halogens is 2. The molecule has 1 heterocycles. The molecule has 150 valence electrons. The number of nitrogens with zero attached hydrogens (tertiary/aromatic N) is 3. The molecule has 0 saturated carbocycles. The highest BCUT2D eigenvalue weighted by Crippen LogP contribution is 2.20. The van der Waals surface area contributed by atoms with Crippen LogP contribution in [0.5, 0.6) is 5.75 Å². The monoisotopic (exact) mass is 415 g/mol. The van der Waals surface area contributed by atoms with Gasteiger partial charge >= 0.3 is 0 Å². The SMILES string of the molecule is Cc1cc(=O)c(C(=O)N(C)CCOc2ccc(F)cc2)nn1-c1ccccc1Cl. The number of amides is 1. The summed E-state index contributed by atoms with van der Waals surface area (Å²) in [7, 11) is 1.55. The molecular formula is C21H19ClFN3O3. The maximum absolute atomic E-state index is 12.9. The average Bonchev–Trinajstić information content (AvgIpc) is 2.70. The van der Waals surface area contributed by atoms with Gasteiger partial charge in [0.2, 0.25) is 5.43 Å². The van der Waals surface area contributed by atoms with Gasteiger partial charge in [0.1, 0.15) is 18.2 Å². The van der Waals surface area contributed by atoms with Crippen molar-refractivity contribution >= 4 is 17.5 Å². The molecule has 0 spiro atoms. The van der Waals surface area contributed by atoms with Crippen molar-refractivity contribution in [2.75, 3.05) is 20.2 Å². The van der Waals surface area contributed by atoms with E-state index in [2.05, 4.69) is 5.10 Å². The predicted octanol–water partition coefficient (Wildman–Crippen LogP) is 3.48. The van der Waals surface area contributed by atoms with Gasteiger partial charge in [0.05, 0.1) is 17.3 Å². The van der Waals surface area contributed by atoms with Crippen molar-refractivity contribution in [3.05, 3.63) is 87.0 Å². The third-order valence-electron chi connectivity index (χ3n) is 4.25. The summed E-state index contributed by atoms with van der Waals surface area (Å²) in [5.74, 6) is -0.398. The summed E-state index contributed by atoms with van der Waals surface area (Å²) < 4.78 is 19.9. The standard InChI is InChI=1S/C21H19ClFN3O3/c1-14-13-19(27)20(24-26(14)18-6-4-3-5-17(18)22)21(28)25(2)11-12-29-16-9-7-15(23)8-10-16/h3-10,13H,11-12H2,1-2H3. The Hall–Kier alpha value is -3.19. The van der Waals surface area contributed by atoms with Gasteiger partial charge in [-0.1, -0.05) is 23.7 Å². The van der Waals surface area contributed by atoms with E-state index >= 15 is 0 Å². The van der Waals surface area contributed by atoms with E-state index in [4.69, 9.17) is 16.3 Å². The number of hydrogen-bond donors (Lipinski definition) is 0. The van der Waals surface area contributed by atoms with Gasteiger partial charge in [0.15, 0.2) is 5.69 Å². The van der Waals surface area contributed by atoms with Crippen LogP contribution >= 0.6 is 11.6 Å². The Balaban J connectivity index is 1.76. The smallest absolute Gasteiger partial charge is 0.278 e. The first-order valence-corrected chi connectivity index (χ1v) is 9.24. The fourth-order valence-electron chi connectivity index (χ4n) is 2.68. The number of rotatable bonds is 6. The van der Waals surface area contributed by atoms with E-state index in [9.17, 15) is 14.0 Å². The van der Waals surface area contributed by atoms with E-state index in [1.165, 1.54) is 39.9 Å². The third-order valence-corrected chi connectivity index (χ3v) is 4.57. The molecule has 0 N–H and O–H groups in total. The maximum atomic E-state index is 12.9. The molecule has 1 aromatic heterocycles. The Kier molecular flexibility index (Phi) is 6.29. The number of aromatic nitrogens is 2. The van der Waals surface area contributed by atoms with Gasteiger partial charge in [-0.05, 0) is 43.3 Å². The molecule has 0 unspecified atom stereocenters. The van der Waals surface area contributed by atoms with Crippen LogP contribution in [0.4, 0.5) is 4.39 Å². The van der Waals surface area contributed by atoms with Crippen LogP contribution in [0, 0.1) is 12.7 Å². The zero-order chi connectivity index (χ0) is 21.0. The van der Waals surface area contributed by atoms with Crippen molar-refractivity contribution in [2.45, 2.75) is 6.92 Å². The summed E-state index contributed by atoms with van der Waals surface area (Å²) in [6.45, 7) is 2.11. The molecule has 29 heavy (non-hydrogen) atoms. The van der Waals surface area contributed by atoms with Crippen LogP contribution in [0.25, 0.3) is 5.69 Å². The summed E-state index contributed by atoms with van der Waals surface area (Å²) in [5.41, 5.74) is 0.451. The van der Waals surface area contributed by atoms with Gasteiger partial charge in [-0.15, -0.1) is 0 Å². The number of ether oxygens (including phenoxy) is 1. The molecule has 6 nitrogen and oxygen atoms in total. The van der Waals surface area contributed by atoms with Crippen molar-refractivity contribution in [1.82, 2.24) is 14.7 Å². The van der Waals surface area contributed by atoms with Gasteiger partial charge in [0.25, 0.3) is 5.91 Å². The molecule has 2 aromatic carbocycles. The zero-order valence-corrected chi connectivity index (χ0v) is 16.7. The van der Waals surface area contributed by atoms with Crippen LogP contribution in [0.1, 0.15) is 16.2 Å². The Morgan fingerprint density at radius 3 is 2.59 bits per heavy atom. The summed E-state index contributed by atoms with van der Waals surface area (Å²) in [5, 5.41) is 4.70. The van der Waals surface area contributed by atoms with Gasteiger partial charge in [-0.3, -0.25) is 9.59 Å². The Labute approximate surface area is 172 Å². The highest BCUT2D eigenvalue weighted by molar-refractivity contribution is 6.32. The van der Waals surface area contributed by atoms with Crippen molar-refractivity contribution < 1.29 is 13.9 Å². The van der Waals surface area contributed by atoms with Crippen LogP contribution in [0.15, 0.2) is 59.4 Å². The molecule has 8 heteroatoms. The topological polar surface area (TPSA) is 64.4 Å². The van der Waals surface area contributed by atoms with E-state index in [1.54, 1.807) is 38.2 Å². The fourth-order valence-corrected chi connectivity index (χ4v) is 2.89. The lowest BCUT2D eigenvalue weighted by atomic mass is 10.2. The summed E-state index contributed by atoms with van der Waals surface area (Å²) in [4.78, 5) is 26.4. The number of carbonyl (C=O) groups excluding carboxylic acids is 1. The lowest BCUT2D eigenvalue weighted by Crippen LogP contribution is -2.36. The number of benzene rings is 2. The quantitative estimate of drug-likeness (QED) is 0.618. The second-order valence-corrected chi connectivity index (χ2v) is 6.80. The Bertz CT molecular complexity index is 1080. The number of carbonyl (C=O) groups is 1. The van der Waals surface area contributed by atoms with E-state index < -0.39 is 11.3 Å². The molecule has 0 fully saturated rings. The fraction of sp³-hybridized carbons (Fsp3) is 0.190. The molecule has 0 atom stereocenters. The zero-order valence-electron chi connectivity index (χ0n) is 15.9. The second-order valence-electron chi connectivity index (χ2n) is 6.39. The molecule has 0 bridgehead atoms. The van der Waals surface area contributed by atoms with Crippen LogP contribution in [0.3, 0.4) is 0 Å². The molecule has 0 saturated heterocycles. The Morgan fingerprint density at radius 2 is 1.90 bits per heavy atom. The van der Waals surface area contributed by atoms with E-state index in [0.717, 1.165) is 0 Å². The highest BCUT2D eigenvalue weighted by atomic mass is 35.5. The molecule has 0 radical (unpaired) electrons. The highest BCUT2D eigenvalue weighted by Gasteiger charge is 2.19. The molecular weight excluding hydrogens is 397 g/mol. The van der Waals surface area contributed by atoms with Crippen LogP contribution in [-0.2, 0) is 0 Å². The second kappa shape index (κ2) is 8.87. The van der Waals surface area contributed by atoms with Crippen molar-refractivity contribution in [3.63, 3.8) is 0 Å². The minimum atomic E-state index is -0.529. The lowest BCUT2D eigenvalue weighted by molar-refractivity contribution is 0.0764. The summed E-state index contributed by atoms with van der Waals surface area (Å²) >= 11 is 6.23. The molecule has 0 aliphatic heterocycles. The van der Waals surface area contributed by atoms with Gasteiger partial charge in [-0.25, -0.2) is 9.07 Å². The summed E-state index contributed by atoms with van der Waals surface area (Å²) in [6.07, 6.45) is 0. The van der Waals surface area contributed by atoms with E-state index in [0.29, 0.717) is 22.2 Å². The normalized spacial score (nSPS) is 10.6. The van der Waals surface area contributed by atoms with Crippen molar-refractivity contribution in [3.8, 4) is 11.4 Å². The first-order chi connectivity index (χ1) is 13.9. The van der Waals surface area contributed by atoms with E-state index in [1.807, 2.05) is 0 Å². The van der Waals surface area contributed by atoms with Crippen LogP contribution in [0.2, 0.25) is 5.02 Å². The number of likely N-dealkylation sites (N-methyl/N-ethyl adjacent to an activating group) is 1. The van der Waals surface area contributed by atoms with Crippen LogP contribution < -0.4 is 10.2 Å². The lowest BCUT2D eigenvalue weighted by Gasteiger charge is -2.18. The van der Waals surface area contributed by atoms with Crippen molar-refractivity contribution in [2.24, 2.45) is 0 Å². The molecule has 3 rings (SSSR count). The maximum Gasteiger partial charge on any atom is 0.278 e. The first-order valence-electron chi connectivity index (χ1n) is 8.86. The van der Waals surface area contributed by atoms with Crippen LogP contribution in [-0.4, -0.2) is 40.8 Å². The first kappa shape index (κ1) is 20.5.